The highest BCUT2D eigenvalue weighted by Crippen LogP contribution is 2.20. The van der Waals surface area contributed by atoms with Crippen molar-refractivity contribution in [3.05, 3.63) is 46.8 Å². The van der Waals surface area contributed by atoms with Gasteiger partial charge in [-0.3, -0.25) is 9.59 Å². The number of anilines is 2. The van der Waals surface area contributed by atoms with E-state index < -0.39 is 18.0 Å². The topological polar surface area (TPSA) is 91.5 Å². The van der Waals surface area contributed by atoms with Crippen LogP contribution in [-0.4, -0.2) is 42.8 Å². The van der Waals surface area contributed by atoms with E-state index in [1.165, 1.54) is 13.8 Å². The van der Waals surface area contributed by atoms with Crippen molar-refractivity contribution < 1.29 is 19.1 Å². The molecule has 1 heterocycles. The van der Waals surface area contributed by atoms with Gasteiger partial charge in [0.1, 0.15) is 5.69 Å². The van der Waals surface area contributed by atoms with E-state index in [1.807, 2.05) is 31.1 Å². The molecule has 144 valence electrons. The quantitative estimate of drug-likeness (QED) is 0.601. The number of ketones is 1. The number of hydrogen-bond donors (Lipinski definition) is 2. The molecular formula is C20H25N3O4. The molecule has 0 unspecified atom stereocenters. The fraction of sp³-hybridized carbons (Fsp3) is 0.350. The predicted molar refractivity (Wildman–Crippen MR) is 105 cm³/mol. The Balaban J connectivity index is 2.04. The van der Waals surface area contributed by atoms with Gasteiger partial charge < -0.3 is 19.9 Å². The SMILES string of the molecule is CC(=O)c1c(C)[nH]c(C(=O)O[C@@H](C)C(=O)Nc2ccc(N(C)C)cc2)c1C. The maximum absolute atomic E-state index is 12.4. The van der Waals surface area contributed by atoms with E-state index in [9.17, 15) is 14.4 Å². The Morgan fingerprint density at radius 3 is 2.19 bits per heavy atom. The number of nitrogens with one attached hydrogen (secondary N) is 2. The van der Waals surface area contributed by atoms with Crippen molar-refractivity contribution in [2.45, 2.75) is 33.8 Å². The second kappa shape index (κ2) is 8.07. The number of nitrogens with zero attached hydrogens (tertiary/aromatic N) is 1. The minimum Gasteiger partial charge on any atom is -0.448 e. The molecule has 0 aliphatic heterocycles. The van der Waals surface area contributed by atoms with Crippen LogP contribution < -0.4 is 10.2 Å². The summed E-state index contributed by atoms with van der Waals surface area (Å²) < 4.78 is 5.26. The Labute approximate surface area is 158 Å². The number of hydrogen-bond acceptors (Lipinski definition) is 5. The number of aromatic nitrogens is 1. The lowest BCUT2D eigenvalue weighted by Crippen LogP contribution is -2.30. The fourth-order valence-corrected chi connectivity index (χ4v) is 2.84. The van der Waals surface area contributed by atoms with Crippen molar-refractivity contribution in [3.63, 3.8) is 0 Å². The average Bonchev–Trinajstić information content (AvgIpc) is 2.89. The molecule has 0 fully saturated rings. The van der Waals surface area contributed by atoms with Crippen LogP contribution in [0.1, 0.15) is 46.0 Å². The number of benzene rings is 1. The van der Waals surface area contributed by atoms with Gasteiger partial charge >= 0.3 is 5.97 Å². The molecule has 2 aromatic rings. The summed E-state index contributed by atoms with van der Waals surface area (Å²) >= 11 is 0. The maximum atomic E-state index is 12.4. The summed E-state index contributed by atoms with van der Waals surface area (Å²) in [5, 5.41) is 2.72. The number of aromatic amines is 1. The van der Waals surface area contributed by atoms with Gasteiger partial charge in [0.05, 0.1) is 0 Å². The first-order valence-corrected chi connectivity index (χ1v) is 8.61. The molecule has 1 atom stereocenters. The summed E-state index contributed by atoms with van der Waals surface area (Å²) in [6.07, 6.45) is -0.991. The number of aryl methyl sites for hydroxylation is 1. The molecule has 0 spiro atoms. The monoisotopic (exact) mass is 371 g/mol. The molecule has 1 aromatic carbocycles. The molecule has 0 aliphatic rings. The summed E-state index contributed by atoms with van der Waals surface area (Å²) in [7, 11) is 3.86. The zero-order valence-corrected chi connectivity index (χ0v) is 16.5. The van der Waals surface area contributed by atoms with Crippen LogP contribution in [0.15, 0.2) is 24.3 Å². The van der Waals surface area contributed by atoms with Crippen LogP contribution in [0.25, 0.3) is 0 Å². The normalized spacial score (nSPS) is 11.6. The second-order valence-corrected chi connectivity index (χ2v) is 6.66. The molecule has 0 saturated carbocycles. The van der Waals surface area contributed by atoms with Crippen molar-refractivity contribution in [2.24, 2.45) is 0 Å². The highest BCUT2D eigenvalue weighted by molar-refractivity contribution is 6.02. The lowest BCUT2D eigenvalue weighted by molar-refractivity contribution is -0.123. The third kappa shape index (κ3) is 4.55. The van der Waals surface area contributed by atoms with E-state index in [0.717, 1.165) is 5.69 Å². The Kier molecular flexibility index (Phi) is 6.05. The molecule has 7 heteroatoms. The number of Topliss-reactive ketones (excluding diaryl/α,β-unsaturated/α-hetero) is 1. The highest BCUT2D eigenvalue weighted by atomic mass is 16.5. The number of rotatable bonds is 6. The van der Waals surface area contributed by atoms with Crippen molar-refractivity contribution in [1.82, 2.24) is 4.98 Å². The van der Waals surface area contributed by atoms with E-state index in [2.05, 4.69) is 10.3 Å². The van der Waals surface area contributed by atoms with Crippen LogP contribution in [0, 0.1) is 13.8 Å². The molecule has 1 amide bonds. The molecule has 0 saturated heterocycles. The zero-order chi connectivity index (χ0) is 20.3. The lowest BCUT2D eigenvalue weighted by Gasteiger charge is -2.15. The van der Waals surface area contributed by atoms with Gasteiger partial charge in [-0.1, -0.05) is 0 Å². The summed E-state index contributed by atoms with van der Waals surface area (Å²) in [4.78, 5) is 41.2. The van der Waals surface area contributed by atoms with Crippen LogP contribution in [-0.2, 0) is 9.53 Å². The van der Waals surface area contributed by atoms with Gasteiger partial charge in [0.25, 0.3) is 5.91 Å². The smallest absolute Gasteiger partial charge is 0.355 e. The summed E-state index contributed by atoms with van der Waals surface area (Å²) in [5.41, 5.74) is 3.40. The molecule has 27 heavy (non-hydrogen) atoms. The standard InChI is InChI=1S/C20H25N3O4/c1-11-17(13(3)24)12(2)21-18(11)20(26)27-14(4)19(25)22-15-7-9-16(10-8-15)23(5)6/h7-10,14,21H,1-6H3,(H,22,25)/t14-/m0/s1. The van der Waals surface area contributed by atoms with E-state index in [4.69, 9.17) is 4.74 Å². The molecule has 2 N–H and O–H groups in total. The number of H-pyrrole nitrogens is 1. The Morgan fingerprint density at radius 1 is 1.11 bits per heavy atom. The third-order valence-electron chi connectivity index (χ3n) is 4.30. The van der Waals surface area contributed by atoms with Gasteiger partial charge in [0, 0.05) is 36.7 Å². The summed E-state index contributed by atoms with van der Waals surface area (Å²) in [5.74, 6) is -1.24. The predicted octanol–water partition coefficient (Wildman–Crippen LogP) is 3.08. The number of carbonyl (C=O) groups is 3. The molecule has 2 rings (SSSR count). The highest BCUT2D eigenvalue weighted by Gasteiger charge is 2.24. The van der Waals surface area contributed by atoms with E-state index in [0.29, 0.717) is 22.5 Å². The van der Waals surface area contributed by atoms with Gasteiger partial charge in [0.2, 0.25) is 0 Å². The maximum Gasteiger partial charge on any atom is 0.355 e. The van der Waals surface area contributed by atoms with Gasteiger partial charge in [0.15, 0.2) is 11.9 Å². The van der Waals surface area contributed by atoms with Gasteiger partial charge in [-0.05, 0) is 57.5 Å². The van der Waals surface area contributed by atoms with Crippen molar-refractivity contribution in [2.75, 3.05) is 24.3 Å². The first-order chi connectivity index (χ1) is 12.6. The third-order valence-corrected chi connectivity index (χ3v) is 4.30. The first-order valence-electron chi connectivity index (χ1n) is 8.61. The van der Waals surface area contributed by atoms with Crippen LogP contribution in [0.2, 0.25) is 0 Å². The van der Waals surface area contributed by atoms with E-state index in [1.54, 1.807) is 26.0 Å². The zero-order valence-electron chi connectivity index (χ0n) is 16.5. The van der Waals surface area contributed by atoms with Crippen molar-refractivity contribution >= 4 is 29.0 Å². The van der Waals surface area contributed by atoms with Crippen LogP contribution in [0.5, 0.6) is 0 Å². The largest absolute Gasteiger partial charge is 0.448 e. The minimum atomic E-state index is -0.991. The van der Waals surface area contributed by atoms with Gasteiger partial charge in [-0.2, -0.15) is 0 Å². The van der Waals surface area contributed by atoms with Crippen molar-refractivity contribution in [3.8, 4) is 0 Å². The number of carbonyl (C=O) groups excluding carboxylic acids is 3. The van der Waals surface area contributed by atoms with Crippen LogP contribution in [0.3, 0.4) is 0 Å². The molecule has 0 radical (unpaired) electrons. The second-order valence-electron chi connectivity index (χ2n) is 6.66. The number of ether oxygens (including phenoxy) is 1. The summed E-state index contributed by atoms with van der Waals surface area (Å²) in [6, 6.07) is 7.31. The Hall–Kier alpha value is -3.09. The molecule has 7 nitrogen and oxygen atoms in total. The Morgan fingerprint density at radius 2 is 1.70 bits per heavy atom. The lowest BCUT2D eigenvalue weighted by atomic mass is 10.1. The van der Waals surface area contributed by atoms with Gasteiger partial charge in [-0.25, -0.2) is 4.79 Å². The number of esters is 1. The first kappa shape index (κ1) is 20.2. The number of amides is 1. The fourth-order valence-electron chi connectivity index (χ4n) is 2.84. The molecule has 0 bridgehead atoms. The average molecular weight is 371 g/mol. The van der Waals surface area contributed by atoms with Gasteiger partial charge in [-0.15, -0.1) is 0 Å². The van der Waals surface area contributed by atoms with Crippen molar-refractivity contribution in [1.29, 1.82) is 0 Å². The Bertz CT molecular complexity index is 866. The minimum absolute atomic E-state index is 0.132. The van der Waals surface area contributed by atoms with Crippen LogP contribution in [0.4, 0.5) is 11.4 Å². The molecular weight excluding hydrogens is 346 g/mol. The summed E-state index contributed by atoms with van der Waals surface area (Å²) in [6.45, 7) is 6.33. The van der Waals surface area contributed by atoms with E-state index >= 15 is 0 Å². The van der Waals surface area contributed by atoms with Crippen LogP contribution >= 0.6 is 0 Å². The molecule has 0 aliphatic carbocycles. The van der Waals surface area contributed by atoms with E-state index in [-0.39, 0.29) is 11.5 Å². The molecule has 1 aromatic heterocycles.